The van der Waals surface area contributed by atoms with Gasteiger partial charge in [-0.15, -0.1) is 0 Å². The Bertz CT molecular complexity index is 519. The zero-order valence-corrected chi connectivity index (χ0v) is 10.5. The predicted molar refractivity (Wildman–Crippen MR) is 66.1 cm³/mol. The van der Waals surface area contributed by atoms with E-state index >= 15 is 0 Å². The fraction of sp³-hybridized carbons (Fsp3) is 0.385. The number of nitrogens with two attached hydrogens (primary N) is 1. The highest BCUT2D eigenvalue weighted by atomic mass is 19.1. The smallest absolute Gasteiger partial charge is 0.246 e. The molecule has 96 valence electrons. The molecule has 5 heteroatoms. The minimum Gasteiger partial charge on any atom is -0.337 e. The SMILES string of the molecule is CCCC(C)(N)c1nc(-c2ccc(F)cc2)no1. The van der Waals surface area contributed by atoms with E-state index in [2.05, 4.69) is 10.1 Å². The molecule has 4 nitrogen and oxygen atoms in total. The van der Waals surface area contributed by atoms with E-state index in [4.69, 9.17) is 10.3 Å². The molecule has 0 saturated carbocycles. The van der Waals surface area contributed by atoms with Gasteiger partial charge in [-0.25, -0.2) is 4.39 Å². The van der Waals surface area contributed by atoms with Crippen LogP contribution in [0.4, 0.5) is 4.39 Å². The maximum absolute atomic E-state index is 12.8. The van der Waals surface area contributed by atoms with Gasteiger partial charge in [-0.05, 0) is 37.6 Å². The molecule has 0 aliphatic carbocycles. The van der Waals surface area contributed by atoms with E-state index < -0.39 is 5.54 Å². The molecule has 2 rings (SSSR count). The van der Waals surface area contributed by atoms with E-state index in [0.29, 0.717) is 17.3 Å². The largest absolute Gasteiger partial charge is 0.337 e. The van der Waals surface area contributed by atoms with Crippen molar-refractivity contribution in [1.29, 1.82) is 0 Å². The highest BCUT2D eigenvalue weighted by molar-refractivity contribution is 5.53. The number of halogens is 1. The summed E-state index contributed by atoms with van der Waals surface area (Å²) in [6.07, 6.45) is 1.69. The summed E-state index contributed by atoms with van der Waals surface area (Å²) in [5, 5.41) is 3.88. The number of benzene rings is 1. The van der Waals surface area contributed by atoms with Gasteiger partial charge in [0.1, 0.15) is 5.82 Å². The maximum Gasteiger partial charge on any atom is 0.246 e. The van der Waals surface area contributed by atoms with Crippen molar-refractivity contribution in [3.05, 3.63) is 36.0 Å². The summed E-state index contributed by atoms with van der Waals surface area (Å²) in [6, 6.07) is 5.94. The zero-order valence-electron chi connectivity index (χ0n) is 10.5. The lowest BCUT2D eigenvalue weighted by molar-refractivity contribution is 0.284. The van der Waals surface area contributed by atoms with Gasteiger partial charge in [-0.2, -0.15) is 4.98 Å². The van der Waals surface area contributed by atoms with Crippen LogP contribution in [0.15, 0.2) is 28.8 Å². The number of hydrogen-bond donors (Lipinski definition) is 1. The van der Waals surface area contributed by atoms with Crippen molar-refractivity contribution in [2.45, 2.75) is 32.2 Å². The quantitative estimate of drug-likeness (QED) is 0.904. The summed E-state index contributed by atoms with van der Waals surface area (Å²) >= 11 is 0. The van der Waals surface area contributed by atoms with Gasteiger partial charge in [-0.1, -0.05) is 18.5 Å². The highest BCUT2D eigenvalue weighted by Crippen LogP contribution is 2.24. The molecular formula is C13H16FN3O. The Morgan fingerprint density at radius 3 is 2.61 bits per heavy atom. The average Bonchev–Trinajstić information content (AvgIpc) is 2.80. The molecule has 0 aliphatic heterocycles. The standard InChI is InChI=1S/C13H16FN3O/c1-3-8-13(2,15)12-16-11(17-18-12)9-4-6-10(14)7-5-9/h4-7H,3,8,15H2,1-2H3. The first kappa shape index (κ1) is 12.7. The molecule has 1 aromatic carbocycles. The van der Waals surface area contributed by atoms with Crippen LogP contribution in [0.3, 0.4) is 0 Å². The third kappa shape index (κ3) is 2.56. The minimum atomic E-state index is -0.625. The molecule has 1 heterocycles. The molecule has 0 amide bonds. The van der Waals surface area contributed by atoms with E-state index in [-0.39, 0.29) is 5.82 Å². The molecule has 0 saturated heterocycles. The van der Waals surface area contributed by atoms with Gasteiger partial charge in [-0.3, -0.25) is 0 Å². The van der Waals surface area contributed by atoms with Gasteiger partial charge in [0, 0.05) is 5.56 Å². The Morgan fingerprint density at radius 1 is 1.33 bits per heavy atom. The Balaban J connectivity index is 2.28. The van der Waals surface area contributed by atoms with Crippen molar-refractivity contribution >= 4 is 0 Å². The van der Waals surface area contributed by atoms with E-state index in [1.807, 2.05) is 13.8 Å². The molecule has 0 spiro atoms. The van der Waals surface area contributed by atoms with Gasteiger partial charge < -0.3 is 10.3 Å². The predicted octanol–water partition coefficient (Wildman–Crippen LogP) is 2.85. The molecule has 2 aromatic rings. The Hall–Kier alpha value is -1.75. The van der Waals surface area contributed by atoms with Crippen LogP contribution in [0.5, 0.6) is 0 Å². The minimum absolute atomic E-state index is 0.294. The number of aromatic nitrogens is 2. The highest BCUT2D eigenvalue weighted by Gasteiger charge is 2.27. The molecule has 0 fully saturated rings. The van der Waals surface area contributed by atoms with E-state index in [1.54, 1.807) is 12.1 Å². The molecular weight excluding hydrogens is 233 g/mol. The van der Waals surface area contributed by atoms with Crippen LogP contribution in [0.1, 0.15) is 32.6 Å². The first-order valence-corrected chi connectivity index (χ1v) is 5.92. The molecule has 2 N–H and O–H groups in total. The van der Waals surface area contributed by atoms with Crippen molar-refractivity contribution in [3.63, 3.8) is 0 Å². The summed E-state index contributed by atoms with van der Waals surface area (Å²) in [7, 11) is 0. The molecule has 1 aromatic heterocycles. The van der Waals surface area contributed by atoms with Crippen molar-refractivity contribution in [2.24, 2.45) is 5.73 Å². The van der Waals surface area contributed by atoms with Crippen LogP contribution in [-0.2, 0) is 5.54 Å². The van der Waals surface area contributed by atoms with Gasteiger partial charge >= 0.3 is 0 Å². The molecule has 0 radical (unpaired) electrons. The summed E-state index contributed by atoms with van der Waals surface area (Å²) in [5.74, 6) is 0.540. The van der Waals surface area contributed by atoms with Crippen LogP contribution in [0.2, 0.25) is 0 Å². The van der Waals surface area contributed by atoms with Crippen LogP contribution >= 0.6 is 0 Å². The third-order valence-corrected chi connectivity index (χ3v) is 2.79. The van der Waals surface area contributed by atoms with E-state index in [1.165, 1.54) is 12.1 Å². The van der Waals surface area contributed by atoms with Gasteiger partial charge in [0.2, 0.25) is 11.7 Å². The Labute approximate surface area is 105 Å². The second kappa shape index (κ2) is 4.86. The Kier molecular flexibility index (Phi) is 3.43. The number of nitrogens with zero attached hydrogens (tertiary/aromatic N) is 2. The second-order valence-corrected chi connectivity index (χ2v) is 4.60. The summed E-state index contributed by atoms with van der Waals surface area (Å²) in [4.78, 5) is 4.28. The lowest BCUT2D eigenvalue weighted by Crippen LogP contribution is -2.33. The van der Waals surface area contributed by atoms with Crippen molar-refractivity contribution in [1.82, 2.24) is 10.1 Å². The van der Waals surface area contributed by atoms with Crippen molar-refractivity contribution in [3.8, 4) is 11.4 Å². The molecule has 0 aliphatic rings. The fourth-order valence-corrected chi connectivity index (χ4v) is 1.80. The number of hydrogen-bond acceptors (Lipinski definition) is 4. The summed E-state index contributed by atoms with van der Waals surface area (Å²) in [6.45, 7) is 3.90. The molecule has 1 unspecified atom stereocenters. The summed E-state index contributed by atoms with van der Waals surface area (Å²) < 4.78 is 18.0. The third-order valence-electron chi connectivity index (χ3n) is 2.79. The average molecular weight is 249 g/mol. The van der Waals surface area contributed by atoms with Crippen LogP contribution < -0.4 is 5.73 Å². The molecule has 18 heavy (non-hydrogen) atoms. The van der Waals surface area contributed by atoms with Crippen LogP contribution in [-0.4, -0.2) is 10.1 Å². The second-order valence-electron chi connectivity index (χ2n) is 4.60. The van der Waals surface area contributed by atoms with E-state index in [0.717, 1.165) is 12.8 Å². The van der Waals surface area contributed by atoms with Gasteiger partial charge in [0.25, 0.3) is 0 Å². The Morgan fingerprint density at radius 2 is 2.00 bits per heavy atom. The van der Waals surface area contributed by atoms with Crippen molar-refractivity contribution in [2.75, 3.05) is 0 Å². The topological polar surface area (TPSA) is 64.9 Å². The monoisotopic (exact) mass is 249 g/mol. The summed E-state index contributed by atoms with van der Waals surface area (Å²) in [5.41, 5.74) is 6.19. The lowest BCUT2D eigenvalue weighted by Gasteiger charge is -2.18. The van der Waals surface area contributed by atoms with Gasteiger partial charge in [0.15, 0.2) is 0 Å². The number of rotatable bonds is 4. The first-order valence-electron chi connectivity index (χ1n) is 5.92. The maximum atomic E-state index is 12.8. The fourth-order valence-electron chi connectivity index (χ4n) is 1.80. The van der Waals surface area contributed by atoms with Crippen LogP contribution in [0, 0.1) is 5.82 Å². The van der Waals surface area contributed by atoms with Crippen LogP contribution in [0.25, 0.3) is 11.4 Å². The lowest BCUT2D eigenvalue weighted by atomic mass is 9.98. The van der Waals surface area contributed by atoms with E-state index in [9.17, 15) is 4.39 Å². The van der Waals surface area contributed by atoms with Gasteiger partial charge in [0.05, 0.1) is 5.54 Å². The normalized spacial score (nSPS) is 14.4. The zero-order chi connectivity index (χ0) is 13.2. The molecule has 0 bridgehead atoms. The first-order chi connectivity index (χ1) is 8.53. The molecule has 1 atom stereocenters. The van der Waals surface area contributed by atoms with Crippen molar-refractivity contribution < 1.29 is 8.91 Å².